The predicted molar refractivity (Wildman–Crippen MR) is 102 cm³/mol. The van der Waals surface area contributed by atoms with E-state index in [1.54, 1.807) is 11.3 Å². The summed E-state index contributed by atoms with van der Waals surface area (Å²) in [6.45, 7) is 9.06. The van der Waals surface area contributed by atoms with Crippen LogP contribution in [0.1, 0.15) is 32.1 Å². The zero-order valence-electron chi connectivity index (χ0n) is 14.6. The normalized spacial score (nSPS) is 18.3. The minimum Gasteiger partial charge on any atom is -0.357 e. The summed E-state index contributed by atoms with van der Waals surface area (Å²) in [6.07, 6.45) is 1.85. The average Bonchev–Trinajstić information content (AvgIpc) is 3.16. The molecule has 1 fully saturated rings. The van der Waals surface area contributed by atoms with Crippen molar-refractivity contribution in [1.82, 2.24) is 15.5 Å². The number of hydrogen-bond acceptors (Lipinski definition) is 3. The molecule has 2 heterocycles. The lowest BCUT2D eigenvalue weighted by Crippen LogP contribution is -2.45. The van der Waals surface area contributed by atoms with Gasteiger partial charge in [-0.2, -0.15) is 0 Å². The predicted octanol–water partition coefficient (Wildman–Crippen LogP) is 2.76. The van der Waals surface area contributed by atoms with Crippen molar-refractivity contribution in [2.24, 2.45) is 10.9 Å². The summed E-state index contributed by atoms with van der Waals surface area (Å²) >= 11 is 7.56. The van der Waals surface area contributed by atoms with Gasteiger partial charge < -0.3 is 15.5 Å². The highest BCUT2D eigenvalue weighted by atomic mass is 35.5. The number of carbonyl (C=O) groups excluding carboxylic acids is 1. The molecule has 0 spiro atoms. The number of thiophene rings is 1. The Labute approximate surface area is 153 Å². The highest BCUT2D eigenvalue weighted by molar-refractivity contribution is 7.16. The zero-order valence-corrected chi connectivity index (χ0v) is 16.2. The number of nitrogens with zero attached hydrogens (tertiary/aromatic N) is 2. The lowest BCUT2D eigenvalue weighted by molar-refractivity contribution is -0.133. The zero-order chi connectivity index (χ0) is 17.5. The van der Waals surface area contributed by atoms with Crippen LogP contribution >= 0.6 is 22.9 Å². The first kappa shape index (κ1) is 19.1. The van der Waals surface area contributed by atoms with Crippen molar-refractivity contribution >= 4 is 34.8 Å². The number of carbonyl (C=O) groups is 1. The van der Waals surface area contributed by atoms with Gasteiger partial charge in [-0.25, -0.2) is 0 Å². The van der Waals surface area contributed by atoms with Gasteiger partial charge in [0.15, 0.2) is 5.96 Å². The van der Waals surface area contributed by atoms with E-state index in [1.165, 1.54) is 4.88 Å². The number of halogens is 1. The second kappa shape index (κ2) is 9.28. The van der Waals surface area contributed by atoms with E-state index in [4.69, 9.17) is 11.6 Å². The summed E-state index contributed by atoms with van der Waals surface area (Å²) in [6, 6.07) is 4.24. The Morgan fingerprint density at radius 1 is 1.50 bits per heavy atom. The summed E-state index contributed by atoms with van der Waals surface area (Å²) in [5.41, 5.74) is 0. The number of aliphatic imine (C=N–C) groups is 1. The maximum absolute atomic E-state index is 12.1. The van der Waals surface area contributed by atoms with Gasteiger partial charge in [-0.3, -0.25) is 9.79 Å². The Hall–Kier alpha value is -1.27. The third-order valence-corrected chi connectivity index (χ3v) is 5.23. The number of hydrogen-bond donors (Lipinski definition) is 2. The Morgan fingerprint density at radius 3 is 2.92 bits per heavy atom. The Bertz CT molecular complexity index is 573. The molecule has 1 atom stereocenters. The standard InChI is InChI=1S/C17H27ClN4OS/c1-4-19-17(20-9-7-14-5-6-15(18)24-14)21-13-8-10-22(11-13)16(23)12(2)3/h5-6,12-13H,4,7-11H2,1-3H3,(H2,19,20,21). The molecular weight excluding hydrogens is 344 g/mol. The molecule has 134 valence electrons. The quantitative estimate of drug-likeness (QED) is 0.598. The lowest BCUT2D eigenvalue weighted by atomic mass is 10.2. The van der Waals surface area contributed by atoms with Gasteiger partial charge in [0.2, 0.25) is 5.91 Å². The van der Waals surface area contributed by atoms with E-state index >= 15 is 0 Å². The molecule has 1 aliphatic heterocycles. The van der Waals surface area contributed by atoms with Gasteiger partial charge in [0.25, 0.3) is 0 Å². The molecule has 7 heteroatoms. The van der Waals surface area contributed by atoms with Crippen molar-refractivity contribution in [3.05, 3.63) is 21.3 Å². The maximum atomic E-state index is 12.1. The van der Waals surface area contributed by atoms with Crippen molar-refractivity contribution in [1.29, 1.82) is 0 Å². The number of rotatable bonds is 6. The van der Waals surface area contributed by atoms with E-state index < -0.39 is 0 Å². The van der Waals surface area contributed by atoms with Crippen LogP contribution in [-0.4, -0.2) is 49.0 Å². The van der Waals surface area contributed by atoms with Gasteiger partial charge in [-0.1, -0.05) is 25.4 Å². The Balaban J connectivity index is 1.84. The van der Waals surface area contributed by atoms with Crippen molar-refractivity contribution in [2.45, 2.75) is 39.7 Å². The molecule has 0 aliphatic carbocycles. The van der Waals surface area contributed by atoms with Crippen LogP contribution in [0.3, 0.4) is 0 Å². The van der Waals surface area contributed by atoms with Gasteiger partial charge >= 0.3 is 0 Å². The van der Waals surface area contributed by atoms with E-state index in [0.717, 1.165) is 42.8 Å². The second-order valence-corrected chi connectivity index (χ2v) is 8.09. The summed E-state index contributed by atoms with van der Waals surface area (Å²) < 4.78 is 0.819. The van der Waals surface area contributed by atoms with E-state index in [1.807, 2.05) is 24.8 Å². The minimum atomic E-state index is 0.0586. The Morgan fingerprint density at radius 2 is 2.29 bits per heavy atom. The lowest BCUT2D eigenvalue weighted by Gasteiger charge is -2.20. The fraction of sp³-hybridized carbons (Fsp3) is 0.647. The largest absolute Gasteiger partial charge is 0.357 e. The first-order chi connectivity index (χ1) is 11.5. The molecule has 0 aromatic carbocycles. The molecule has 0 saturated carbocycles. The number of guanidine groups is 1. The van der Waals surface area contributed by atoms with E-state index in [-0.39, 0.29) is 17.9 Å². The minimum absolute atomic E-state index is 0.0586. The van der Waals surface area contributed by atoms with Gasteiger partial charge in [-0.05, 0) is 25.5 Å². The first-order valence-corrected chi connectivity index (χ1v) is 9.77. The SMILES string of the molecule is CCNC(=NCCc1ccc(Cl)s1)NC1CCN(C(=O)C(C)C)C1. The Kier molecular flexibility index (Phi) is 7.37. The van der Waals surface area contributed by atoms with Crippen LogP contribution in [-0.2, 0) is 11.2 Å². The fourth-order valence-corrected chi connectivity index (χ4v) is 3.80. The summed E-state index contributed by atoms with van der Waals surface area (Å²) in [4.78, 5) is 19.9. The molecule has 5 nitrogen and oxygen atoms in total. The molecule has 1 aliphatic rings. The van der Waals surface area contributed by atoms with Crippen molar-refractivity contribution in [3.8, 4) is 0 Å². The molecule has 2 rings (SSSR count). The van der Waals surface area contributed by atoms with Crippen LogP contribution in [0.4, 0.5) is 0 Å². The molecule has 1 saturated heterocycles. The van der Waals surface area contributed by atoms with Crippen LogP contribution in [0, 0.1) is 5.92 Å². The van der Waals surface area contributed by atoms with Gasteiger partial charge in [0.05, 0.1) is 4.34 Å². The highest BCUT2D eigenvalue weighted by Crippen LogP contribution is 2.21. The van der Waals surface area contributed by atoms with Crippen LogP contribution in [0.5, 0.6) is 0 Å². The molecule has 2 N–H and O–H groups in total. The van der Waals surface area contributed by atoms with E-state index in [2.05, 4.69) is 28.6 Å². The summed E-state index contributed by atoms with van der Waals surface area (Å²) in [7, 11) is 0. The van der Waals surface area contributed by atoms with Gasteiger partial charge in [0, 0.05) is 49.4 Å². The van der Waals surface area contributed by atoms with Crippen molar-refractivity contribution in [3.63, 3.8) is 0 Å². The number of nitrogens with one attached hydrogen (secondary N) is 2. The smallest absolute Gasteiger partial charge is 0.225 e. The molecule has 1 aromatic heterocycles. The van der Waals surface area contributed by atoms with E-state index in [0.29, 0.717) is 6.54 Å². The van der Waals surface area contributed by atoms with Gasteiger partial charge in [0.1, 0.15) is 0 Å². The first-order valence-electron chi connectivity index (χ1n) is 8.57. The molecule has 1 amide bonds. The topological polar surface area (TPSA) is 56.7 Å². The van der Waals surface area contributed by atoms with E-state index in [9.17, 15) is 4.79 Å². The molecule has 0 radical (unpaired) electrons. The van der Waals surface area contributed by atoms with Crippen molar-refractivity contribution < 1.29 is 4.79 Å². The number of likely N-dealkylation sites (tertiary alicyclic amines) is 1. The molecule has 0 bridgehead atoms. The van der Waals surface area contributed by atoms with Crippen LogP contribution in [0.15, 0.2) is 17.1 Å². The second-order valence-electron chi connectivity index (χ2n) is 6.29. The maximum Gasteiger partial charge on any atom is 0.225 e. The number of amides is 1. The van der Waals surface area contributed by atoms with Gasteiger partial charge in [-0.15, -0.1) is 11.3 Å². The summed E-state index contributed by atoms with van der Waals surface area (Å²) in [5.74, 6) is 1.11. The molecular formula is C17H27ClN4OS. The monoisotopic (exact) mass is 370 g/mol. The summed E-state index contributed by atoms with van der Waals surface area (Å²) in [5, 5.41) is 6.74. The van der Waals surface area contributed by atoms with Crippen LogP contribution < -0.4 is 10.6 Å². The van der Waals surface area contributed by atoms with Crippen LogP contribution in [0.25, 0.3) is 0 Å². The van der Waals surface area contributed by atoms with Crippen molar-refractivity contribution in [2.75, 3.05) is 26.2 Å². The fourth-order valence-electron chi connectivity index (χ4n) is 2.72. The molecule has 1 unspecified atom stereocenters. The third kappa shape index (κ3) is 5.67. The average molecular weight is 371 g/mol. The molecule has 1 aromatic rings. The third-order valence-electron chi connectivity index (χ3n) is 3.94. The van der Waals surface area contributed by atoms with Crippen LogP contribution in [0.2, 0.25) is 4.34 Å². The molecule has 24 heavy (non-hydrogen) atoms. The highest BCUT2D eigenvalue weighted by Gasteiger charge is 2.27.